The quantitative estimate of drug-likeness (QED) is 0.111. The number of nitrogens with zero attached hydrogens (tertiary/aromatic N) is 2. The molecule has 0 aliphatic heterocycles. The Morgan fingerprint density at radius 1 is 0.929 bits per heavy atom. The zero-order valence-electron chi connectivity index (χ0n) is 26.3. The molecule has 42 heavy (non-hydrogen) atoms. The Labute approximate surface area is 265 Å². The van der Waals surface area contributed by atoms with Gasteiger partial charge in [-0.25, -0.2) is 0 Å². The summed E-state index contributed by atoms with van der Waals surface area (Å²) < 4.78 is 0. The predicted molar refractivity (Wildman–Crippen MR) is 171 cm³/mol. The molecule has 0 spiro atoms. The summed E-state index contributed by atoms with van der Waals surface area (Å²) in [5, 5.41) is 12.2. The molecule has 0 unspecified atom stereocenters. The van der Waals surface area contributed by atoms with Crippen LogP contribution in [0, 0.1) is 17.9 Å². The van der Waals surface area contributed by atoms with Gasteiger partial charge in [-0.1, -0.05) is 102 Å². The summed E-state index contributed by atoms with van der Waals surface area (Å²) in [4.78, 5) is 21.4. The van der Waals surface area contributed by atoms with E-state index in [9.17, 15) is 9.90 Å². The molecule has 2 aromatic heterocycles. The van der Waals surface area contributed by atoms with Gasteiger partial charge in [0, 0.05) is 48.9 Å². The van der Waals surface area contributed by atoms with Crippen molar-refractivity contribution in [2.45, 2.75) is 92.4 Å². The number of allylic oxidation sites excluding steroid dienone is 2. The molecule has 4 nitrogen and oxygen atoms in total. The number of pyridine rings is 2. The number of aliphatic hydroxyl groups excluding tert-OH is 1. The van der Waals surface area contributed by atoms with E-state index in [-0.39, 0.29) is 48.9 Å². The van der Waals surface area contributed by atoms with E-state index in [4.69, 9.17) is 4.98 Å². The topological polar surface area (TPSA) is 63.1 Å². The third-order valence-electron chi connectivity index (χ3n) is 8.89. The number of benzene rings is 2. The summed E-state index contributed by atoms with van der Waals surface area (Å²) in [6.45, 7) is 17.1. The van der Waals surface area contributed by atoms with E-state index in [1.165, 1.54) is 33.5 Å². The van der Waals surface area contributed by atoms with Gasteiger partial charge < -0.3 is 10.1 Å². The van der Waals surface area contributed by atoms with Crippen LogP contribution in [0.15, 0.2) is 60.5 Å². The van der Waals surface area contributed by atoms with Crippen LogP contribution in [0.5, 0.6) is 0 Å². The van der Waals surface area contributed by atoms with Crippen LogP contribution in [-0.4, -0.2) is 20.9 Å². The van der Waals surface area contributed by atoms with Gasteiger partial charge in [0.05, 0.1) is 11.3 Å². The van der Waals surface area contributed by atoms with Gasteiger partial charge in [0.1, 0.15) is 0 Å². The second-order valence-electron chi connectivity index (χ2n) is 12.1. The van der Waals surface area contributed by atoms with Gasteiger partial charge in [-0.05, 0) is 66.6 Å². The maximum atomic E-state index is 11.7. The minimum atomic E-state index is -0.121. The summed E-state index contributed by atoms with van der Waals surface area (Å²) in [6, 6.07) is 18.6. The Morgan fingerprint density at radius 2 is 1.55 bits per heavy atom. The normalized spacial score (nSPS) is 13.6. The Balaban J connectivity index is 0.000000263. The fourth-order valence-corrected chi connectivity index (χ4v) is 6.17. The number of aromatic nitrogens is 2. The van der Waals surface area contributed by atoms with Crippen molar-refractivity contribution in [2.75, 3.05) is 0 Å². The SMILES string of the molecule is CC(C)c1cccc2nc3c(cc12)C(C)(C)c1cccc2nc[c-]c-3c12.CCC(CC)C(=O)/C=C(\O)C(CC)CC.[Ir]. The van der Waals surface area contributed by atoms with Crippen molar-refractivity contribution in [3.63, 3.8) is 0 Å². The molecule has 1 radical (unpaired) electrons. The van der Waals surface area contributed by atoms with E-state index in [0.717, 1.165) is 48.0 Å². The molecular formula is C37H45IrN2O2-. The molecule has 0 amide bonds. The fourth-order valence-electron chi connectivity index (χ4n) is 6.17. The van der Waals surface area contributed by atoms with Crippen LogP contribution >= 0.6 is 0 Å². The maximum Gasteiger partial charge on any atom is 0.162 e. The monoisotopic (exact) mass is 742 g/mol. The summed E-state index contributed by atoms with van der Waals surface area (Å²) in [7, 11) is 0. The molecule has 1 N–H and O–H groups in total. The van der Waals surface area contributed by atoms with E-state index in [1.54, 1.807) is 6.20 Å². The zero-order valence-corrected chi connectivity index (χ0v) is 28.7. The molecule has 0 saturated heterocycles. The smallest absolute Gasteiger partial charge is 0.162 e. The number of fused-ring (bicyclic) bond motifs is 3. The standard InChI is InChI=1S/C24H21N2.C13H24O2.Ir/c1-14(2)15-7-5-9-20-17(15)13-19-23(26-20)16-11-12-25-21-10-6-8-18(22(16)21)24(19,3)4;1-5-10(6-2)12(14)9-13(15)11(7-3)8-4;/h5-10,12-14H,1-4H3;9-11,14H,5-8H2,1-4H3;/q-1;;/b;12-9-;. The average molecular weight is 742 g/mol. The van der Waals surface area contributed by atoms with Gasteiger partial charge in [-0.15, -0.1) is 0 Å². The van der Waals surface area contributed by atoms with Crippen molar-refractivity contribution >= 4 is 27.6 Å². The van der Waals surface area contributed by atoms with E-state index in [1.807, 2.05) is 27.7 Å². The van der Waals surface area contributed by atoms with Gasteiger partial charge in [-0.2, -0.15) is 11.6 Å². The molecule has 0 saturated carbocycles. The number of hydrogen-bond donors (Lipinski definition) is 1. The predicted octanol–water partition coefficient (Wildman–Crippen LogP) is 9.88. The molecule has 0 bridgehead atoms. The number of rotatable bonds is 8. The van der Waals surface area contributed by atoms with E-state index in [2.05, 4.69) is 81.2 Å². The molecule has 0 atom stereocenters. The first kappa shape index (κ1) is 33.6. The average Bonchev–Trinajstić information content (AvgIpc) is 2.96. The molecular weight excluding hydrogens is 697 g/mol. The number of hydrogen-bond acceptors (Lipinski definition) is 4. The summed E-state index contributed by atoms with van der Waals surface area (Å²) >= 11 is 0. The number of carbonyl (C=O) groups is 1. The van der Waals surface area contributed by atoms with Crippen LogP contribution in [0.3, 0.4) is 0 Å². The van der Waals surface area contributed by atoms with Gasteiger partial charge >= 0.3 is 0 Å². The second-order valence-corrected chi connectivity index (χ2v) is 12.1. The molecule has 2 heterocycles. The summed E-state index contributed by atoms with van der Waals surface area (Å²) in [5.41, 5.74) is 8.04. The first-order valence-electron chi connectivity index (χ1n) is 15.3. The van der Waals surface area contributed by atoms with Gasteiger partial charge in [0.25, 0.3) is 0 Å². The molecule has 5 rings (SSSR count). The van der Waals surface area contributed by atoms with Gasteiger partial charge in [0.2, 0.25) is 0 Å². The van der Waals surface area contributed by atoms with Crippen LogP contribution in [0.25, 0.3) is 33.1 Å². The molecule has 1 aliphatic carbocycles. The number of ketones is 1. The van der Waals surface area contributed by atoms with Crippen molar-refractivity contribution in [2.24, 2.45) is 11.8 Å². The van der Waals surface area contributed by atoms with Crippen LogP contribution in [0.1, 0.15) is 104 Å². The zero-order chi connectivity index (χ0) is 29.9. The molecule has 4 aromatic rings. The molecule has 0 fully saturated rings. The third kappa shape index (κ3) is 6.38. The first-order valence-corrected chi connectivity index (χ1v) is 15.3. The molecule has 2 aromatic carbocycles. The minimum Gasteiger partial charge on any atom is -0.512 e. The number of carbonyl (C=O) groups excluding carboxylic acids is 1. The molecule has 225 valence electrons. The Hall–Kier alpha value is -2.88. The van der Waals surface area contributed by atoms with Crippen LogP contribution < -0.4 is 0 Å². The van der Waals surface area contributed by atoms with Crippen molar-refractivity contribution < 1.29 is 30.0 Å². The Bertz CT molecular complexity index is 1570. The van der Waals surface area contributed by atoms with E-state index < -0.39 is 0 Å². The van der Waals surface area contributed by atoms with Gasteiger partial charge in [0.15, 0.2) is 5.78 Å². The van der Waals surface area contributed by atoms with Crippen molar-refractivity contribution in [1.82, 2.24) is 9.97 Å². The van der Waals surface area contributed by atoms with Gasteiger partial charge in [-0.3, -0.25) is 9.78 Å². The molecule has 5 heteroatoms. The van der Waals surface area contributed by atoms with Crippen molar-refractivity contribution in [3.8, 4) is 11.3 Å². The third-order valence-corrected chi connectivity index (χ3v) is 8.89. The first-order chi connectivity index (χ1) is 19.6. The fraction of sp³-hybridized carbons (Fsp3) is 0.432. The van der Waals surface area contributed by atoms with E-state index in [0.29, 0.717) is 5.92 Å². The Morgan fingerprint density at radius 3 is 2.17 bits per heavy atom. The summed E-state index contributed by atoms with van der Waals surface area (Å²) in [5.74, 6) is 1.02. The van der Waals surface area contributed by atoms with Crippen molar-refractivity contribution in [1.29, 1.82) is 0 Å². The largest absolute Gasteiger partial charge is 0.512 e. The van der Waals surface area contributed by atoms with Crippen LogP contribution in [-0.2, 0) is 30.3 Å². The summed E-state index contributed by atoms with van der Waals surface area (Å²) in [6.07, 6.45) is 6.68. The van der Waals surface area contributed by atoms with Crippen LogP contribution in [0.2, 0.25) is 0 Å². The Kier molecular flexibility index (Phi) is 11.3. The number of aliphatic hydroxyl groups is 1. The van der Waals surface area contributed by atoms with Crippen LogP contribution in [0.4, 0.5) is 0 Å². The minimum absolute atomic E-state index is 0. The van der Waals surface area contributed by atoms with E-state index >= 15 is 0 Å². The van der Waals surface area contributed by atoms with Crippen molar-refractivity contribution in [3.05, 3.63) is 83.3 Å². The maximum absolute atomic E-state index is 11.7. The second kappa shape index (κ2) is 14.1. The molecule has 1 aliphatic rings.